The molecule has 0 heterocycles. The maximum Gasteiger partial charge on any atom is -0.0414 e. The highest BCUT2D eigenvalue weighted by atomic mass is 14.2. The molecule has 1 aliphatic carbocycles. The third-order valence-electron chi connectivity index (χ3n) is 3.99. The van der Waals surface area contributed by atoms with Gasteiger partial charge >= 0.3 is 0 Å². The fourth-order valence-corrected chi connectivity index (χ4v) is 2.87. The third-order valence-corrected chi connectivity index (χ3v) is 3.99. The normalized spacial score (nSPS) is 29.6. The van der Waals surface area contributed by atoms with Gasteiger partial charge < -0.3 is 0 Å². The standard InChI is InChI=1S/C14H28/c1-3-5-8-14-11-6-9-13(4-2)10-7-12-14/h13-14H,3-12H2,1-2H3. The van der Waals surface area contributed by atoms with Crippen LogP contribution in [-0.2, 0) is 0 Å². The SMILES string of the molecule is CCCCC1CCCC(CC)CCC1. The molecular formula is C14H28. The summed E-state index contributed by atoms with van der Waals surface area (Å²) in [6.07, 6.45) is 14.9. The molecule has 1 fully saturated rings. The molecule has 0 heteroatoms. The van der Waals surface area contributed by atoms with Crippen molar-refractivity contribution in [3.05, 3.63) is 0 Å². The fraction of sp³-hybridized carbons (Fsp3) is 1.00. The first-order valence-corrected chi connectivity index (χ1v) is 6.86. The zero-order valence-electron chi connectivity index (χ0n) is 10.2. The van der Waals surface area contributed by atoms with Gasteiger partial charge in [0, 0.05) is 0 Å². The molecular weight excluding hydrogens is 168 g/mol. The van der Waals surface area contributed by atoms with Crippen LogP contribution in [0.3, 0.4) is 0 Å². The van der Waals surface area contributed by atoms with Crippen LogP contribution in [0.25, 0.3) is 0 Å². The molecule has 0 amide bonds. The van der Waals surface area contributed by atoms with Gasteiger partial charge in [-0.2, -0.15) is 0 Å². The third kappa shape index (κ3) is 4.48. The minimum absolute atomic E-state index is 1.06. The summed E-state index contributed by atoms with van der Waals surface area (Å²) >= 11 is 0. The van der Waals surface area contributed by atoms with E-state index in [-0.39, 0.29) is 0 Å². The van der Waals surface area contributed by atoms with Crippen LogP contribution in [0.1, 0.15) is 78.1 Å². The van der Waals surface area contributed by atoms with E-state index in [9.17, 15) is 0 Å². The van der Waals surface area contributed by atoms with Gasteiger partial charge in [-0.3, -0.25) is 0 Å². The van der Waals surface area contributed by atoms with Crippen molar-refractivity contribution in [1.82, 2.24) is 0 Å². The van der Waals surface area contributed by atoms with Crippen LogP contribution in [0.2, 0.25) is 0 Å². The van der Waals surface area contributed by atoms with Crippen LogP contribution in [-0.4, -0.2) is 0 Å². The Bertz CT molecular complexity index is 118. The van der Waals surface area contributed by atoms with Crippen molar-refractivity contribution in [2.24, 2.45) is 11.8 Å². The quantitative estimate of drug-likeness (QED) is 0.581. The molecule has 0 aliphatic heterocycles. The molecule has 0 saturated heterocycles. The Morgan fingerprint density at radius 3 is 1.93 bits per heavy atom. The first-order valence-electron chi connectivity index (χ1n) is 6.86. The summed E-state index contributed by atoms with van der Waals surface area (Å²) in [5, 5.41) is 0. The second kappa shape index (κ2) is 7.31. The molecule has 0 bridgehead atoms. The average Bonchev–Trinajstić information content (AvgIpc) is 2.16. The van der Waals surface area contributed by atoms with Crippen LogP contribution >= 0.6 is 0 Å². The summed E-state index contributed by atoms with van der Waals surface area (Å²) in [5.41, 5.74) is 0. The van der Waals surface area contributed by atoms with Gasteiger partial charge in [-0.25, -0.2) is 0 Å². The zero-order chi connectivity index (χ0) is 10.2. The van der Waals surface area contributed by atoms with Crippen LogP contribution in [0, 0.1) is 11.8 Å². The number of rotatable bonds is 4. The Kier molecular flexibility index (Phi) is 6.31. The Balaban J connectivity index is 2.18. The molecule has 0 spiro atoms. The van der Waals surface area contributed by atoms with Gasteiger partial charge in [-0.05, 0) is 11.8 Å². The smallest absolute Gasteiger partial charge is 0.0414 e. The minimum atomic E-state index is 1.06. The first kappa shape index (κ1) is 12.1. The largest absolute Gasteiger partial charge is 0.0654 e. The van der Waals surface area contributed by atoms with E-state index in [0.29, 0.717) is 0 Å². The first-order chi connectivity index (χ1) is 6.86. The second-order valence-corrected chi connectivity index (χ2v) is 5.14. The fourth-order valence-electron chi connectivity index (χ4n) is 2.87. The molecule has 84 valence electrons. The van der Waals surface area contributed by atoms with E-state index >= 15 is 0 Å². The van der Waals surface area contributed by atoms with E-state index in [1.807, 2.05) is 0 Å². The Morgan fingerprint density at radius 2 is 1.43 bits per heavy atom. The summed E-state index contributed by atoms with van der Waals surface area (Å²) in [7, 11) is 0. The van der Waals surface area contributed by atoms with Gasteiger partial charge in [0.2, 0.25) is 0 Å². The topological polar surface area (TPSA) is 0 Å². The lowest BCUT2D eigenvalue weighted by Crippen LogP contribution is -2.09. The van der Waals surface area contributed by atoms with E-state index < -0.39 is 0 Å². The summed E-state index contributed by atoms with van der Waals surface area (Å²) in [6, 6.07) is 0. The predicted octanol–water partition coefficient (Wildman–Crippen LogP) is 5.17. The van der Waals surface area contributed by atoms with Crippen LogP contribution in [0.4, 0.5) is 0 Å². The average molecular weight is 196 g/mol. The molecule has 0 aromatic carbocycles. The van der Waals surface area contributed by atoms with Crippen molar-refractivity contribution in [1.29, 1.82) is 0 Å². The van der Waals surface area contributed by atoms with Crippen LogP contribution < -0.4 is 0 Å². The summed E-state index contributed by atoms with van der Waals surface area (Å²) in [6.45, 7) is 4.68. The molecule has 0 aromatic rings. The highest BCUT2D eigenvalue weighted by molar-refractivity contribution is 4.68. The molecule has 0 radical (unpaired) electrons. The second-order valence-electron chi connectivity index (χ2n) is 5.14. The van der Waals surface area contributed by atoms with Crippen molar-refractivity contribution in [2.75, 3.05) is 0 Å². The van der Waals surface area contributed by atoms with Gasteiger partial charge in [0.15, 0.2) is 0 Å². The van der Waals surface area contributed by atoms with E-state index in [1.165, 1.54) is 64.2 Å². The van der Waals surface area contributed by atoms with Gasteiger partial charge in [0.05, 0.1) is 0 Å². The van der Waals surface area contributed by atoms with Crippen molar-refractivity contribution < 1.29 is 0 Å². The van der Waals surface area contributed by atoms with E-state index in [2.05, 4.69) is 13.8 Å². The lowest BCUT2D eigenvalue weighted by atomic mass is 9.83. The van der Waals surface area contributed by atoms with Crippen LogP contribution in [0.15, 0.2) is 0 Å². The van der Waals surface area contributed by atoms with Gasteiger partial charge in [0.1, 0.15) is 0 Å². The highest BCUT2D eigenvalue weighted by Gasteiger charge is 2.15. The summed E-state index contributed by atoms with van der Waals surface area (Å²) in [5.74, 6) is 2.13. The van der Waals surface area contributed by atoms with E-state index in [1.54, 1.807) is 0 Å². The Morgan fingerprint density at radius 1 is 0.857 bits per heavy atom. The maximum atomic E-state index is 2.36. The maximum absolute atomic E-state index is 2.36. The lowest BCUT2D eigenvalue weighted by molar-refractivity contribution is 0.297. The van der Waals surface area contributed by atoms with E-state index in [4.69, 9.17) is 0 Å². The highest BCUT2D eigenvalue weighted by Crippen LogP contribution is 2.30. The zero-order valence-corrected chi connectivity index (χ0v) is 10.2. The summed E-state index contributed by atoms with van der Waals surface area (Å²) in [4.78, 5) is 0. The minimum Gasteiger partial charge on any atom is -0.0654 e. The lowest BCUT2D eigenvalue weighted by Gasteiger charge is -2.23. The van der Waals surface area contributed by atoms with Gasteiger partial charge in [-0.15, -0.1) is 0 Å². The number of unbranched alkanes of at least 4 members (excludes halogenated alkanes) is 1. The monoisotopic (exact) mass is 196 g/mol. The molecule has 1 saturated carbocycles. The molecule has 1 rings (SSSR count). The van der Waals surface area contributed by atoms with E-state index in [0.717, 1.165) is 11.8 Å². The molecule has 0 aromatic heterocycles. The number of hydrogen-bond donors (Lipinski definition) is 0. The number of hydrogen-bond acceptors (Lipinski definition) is 0. The van der Waals surface area contributed by atoms with Gasteiger partial charge in [0.25, 0.3) is 0 Å². The molecule has 0 unspecified atom stereocenters. The van der Waals surface area contributed by atoms with Crippen molar-refractivity contribution >= 4 is 0 Å². The summed E-state index contributed by atoms with van der Waals surface area (Å²) < 4.78 is 0. The molecule has 0 nitrogen and oxygen atoms in total. The molecule has 14 heavy (non-hydrogen) atoms. The van der Waals surface area contributed by atoms with Crippen molar-refractivity contribution in [3.8, 4) is 0 Å². The molecule has 1 aliphatic rings. The van der Waals surface area contributed by atoms with Crippen molar-refractivity contribution in [3.63, 3.8) is 0 Å². The molecule has 0 N–H and O–H groups in total. The Labute approximate surface area is 90.5 Å². The van der Waals surface area contributed by atoms with Crippen molar-refractivity contribution in [2.45, 2.75) is 78.1 Å². The van der Waals surface area contributed by atoms with Crippen LogP contribution in [0.5, 0.6) is 0 Å². The Hall–Kier alpha value is 0. The molecule has 0 atom stereocenters. The predicted molar refractivity (Wildman–Crippen MR) is 64.5 cm³/mol. The van der Waals surface area contributed by atoms with Gasteiger partial charge in [-0.1, -0.05) is 78.1 Å².